The lowest BCUT2D eigenvalue weighted by Crippen LogP contribution is -2.32. The zero-order valence-corrected chi connectivity index (χ0v) is 17.8. The third-order valence-electron chi connectivity index (χ3n) is 4.87. The van der Waals surface area contributed by atoms with E-state index >= 15 is 0 Å². The normalized spacial score (nSPS) is 14.1. The quantitative estimate of drug-likeness (QED) is 0.653. The number of benzene rings is 1. The van der Waals surface area contributed by atoms with Crippen molar-refractivity contribution in [3.05, 3.63) is 44.8 Å². The molecule has 0 saturated carbocycles. The second-order valence-electron chi connectivity index (χ2n) is 6.82. The minimum Gasteiger partial charge on any atom is -0.481 e. The Bertz CT molecular complexity index is 893. The SMILES string of the molecule is CC[C@H](Oc1ccc(Cl)c(C)c1)C(=O)Nc1sc2c(c1C(=O)OC)CCCC2. The number of carbonyl (C=O) groups excluding carboxylic acids is 2. The van der Waals surface area contributed by atoms with Crippen LogP contribution in [-0.2, 0) is 22.4 Å². The Labute approximate surface area is 174 Å². The summed E-state index contributed by atoms with van der Waals surface area (Å²) in [6, 6.07) is 5.30. The summed E-state index contributed by atoms with van der Waals surface area (Å²) in [4.78, 5) is 26.4. The van der Waals surface area contributed by atoms with Gasteiger partial charge in [0.1, 0.15) is 10.8 Å². The summed E-state index contributed by atoms with van der Waals surface area (Å²) < 4.78 is 10.8. The van der Waals surface area contributed by atoms with Crippen molar-refractivity contribution in [2.45, 2.75) is 52.1 Å². The number of methoxy groups -OCH3 is 1. The molecule has 1 heterocycles. The van der Waals surface area contributed by atoms with Gasteiger partial charge < -0.3 is 14.8 Å². The molecule has 0 saturated heterocycles. The summed E-state index contributed by atoms with van der Waals surface area (Å²) in [5, 5.41) is 4.11. The molecule has 28 heavy (non-hydrogen) atoms. The molecule has 0 spiro atoms. The van der Waals surface area contributed by atoms with E-state index in [4.69, 9.17) is 21.1 Å². The number of amides is 1. The molecule has 0 fully saturated rings. The van der Waals surface area contributed by atoms with Crippen LogP contribution in [0.5, 0.6) is 5.75 Å². The van der Waals surface area contributed by atoms with Gasteiger partial charge in [0.05, 0.1) is 12.7 Å². The van der Waals surface area contributed by atoms with Crippen molar-refractivity contribution in [3.63, 3.8) is 0 Å². The van der Waals surface area contributed by atoms with E-state index in [-0.39, 0.29) is 5.91 Å². The number of thiophene rings is 1. The van der Waals surface area contributed by atoms with E-state index < -0.39 is 12.1 Å². The van der Waals surface area contributed by atoms with E-state index in [2.05, 4.69) is 5.32 Å². The van der Waals surface area contributed by atoms with Crippen LogP contribution < -0.4 is 10.1 Å². The van der Waals surface area contributed by atoms with Crippen molar-refractivity contribution in [2.24, 2.45) is 0 Å². The van der Waals surface area contributed by atoms with Gasteiger partial charge in [-0.1, -0.05) is 18.5 Å². The zero-order chi connectivity index (χ0) is 20.3. The Hall–Kier alpha value is -2.05. The first-order chi connectivity index (χ1) is 13.4. The van der Waals surface area contributed by atoms with E-state index in [9.17, 15) is 9.59 Å². The van der Waals surface area contributed by atoms with Crippen LogP contribution >= 0.6 is 22.9 Å². The predicted octanol–water partition coefficient (Wildman–Crippen LogP) is 5.17. The fourth-order valence-corrected chi connectivity index (χ4v) is 4.74. The zero-order valence-electron chi connectivity index (χ0n) is 16.3. The summed E-state index contributed by atoms with van der Waals surface area (Å²) in [5.74, 6) is -0.0987. The van der Waals surface area contributed by atoms with Crippen LogP contribution in [0, 0.1) is 6.92 Å². The predicted molar refractivity (Wildman–Crippen MR) is 112 cm³/mol. The molecule has 0 unspecified atom stereocenters. The molecule has 150 valence electrons. The molecule has 0 radical (unpaired) electrons. The molecule has 2 aromatic rings. The minimum absolute atomic E-state index is 0.279. The van der Waals surface area contributed by atoms with Crippen LogP contribution in [0.25, 0.3) is 0 Å². The Balaban J connectivity index is 1.81. The fraction of sp³-hybridized carbons (Fsp3) is 0.429. The highest BCUT2D eigenvalue weighted by Crippen LogP contribution is 2.38. The molecule has 0 bridgehead atoms. The van der Waals surface area contributed by atoms with Crippen molar-refractivity contribution in [3.8, 4) is 5.75 Å². The fourth-order valence-electron chi connectivity index (χ4n) is 3.34. The molecule has 1 amide bonds. The average molecular weight is 422 g/mol. The van der Waals surface area contributed by atoms with Crippen molar-refractivity contribution in [1.29, 1.82) is 0 Å². The van der Waals surface area contributed by atoms with Gasteiger partial charge in [0.15, 0.2) is 6.10 Å². The topological polar surface area (TPSA) is 64.6 Å². The van der Waals surface area contributed by atoms with Crippen LogP contribution in [0.3, 0.4) is 0 Å². The second kappa shape index (κ2) is 8.97. The molecular weight excluding hydrogens is 398 g/mol. The summed E-state index contributed by atoms with van der Waals surface area (Å²) in [7, 11) is 1.36. The van der Waals surface area contributed by atoms with Crippen molar-refractivity contribution in [1.82, 2.24) is 0 Å². The van der Waals surface area contributed by atoms with Crippen LogP contribution in [0.2, 0.25) is 5.02 Å². The minimum atomic E-state index is -0.676. The van der Waals surface area contributed by atoms with Gasteiger partial charge in [-0.3, -0.25) is 4.79 Å². The van der Waals surface area contributed by atoms with Crippen LogP contribution in [0.4, 0.5) is 5.00 Å². The number of anilines is 1. The van der Waals surface area contributed by atoms with Gasteiger partial charge in [0.25, 0.3) is 5.91 Å². The first kappa shape index (κ1) is 20.7. The lowest BCUT2D eigenvalue weighted by Gasteiger charge is -2.18. The number of aryl methyl sites for hydroxylation is 2. The summed E-state index contributed by atoms with van der Waals surface area (Å²) >= 11 is 7.52. The largest absolute Gasteiger partial charge is 0.481 e. The van der Waals surface area contributed by atoms with Crippen molar-refractivity contribution >= 4 is 39.8 Å². The maximum atomic E-state index is 12.9. The molecule has 7 heteroatoms. The van der Waals surface area contributed by atoms with E-state index in [1.54, 1.807) is 12.1 Å². The molecule has 1 aliphatic rings. The van der Waals surface area contributed by atoms with E-state index in [1.165, 1.54) is 18.4 Å². The number of nitrogens with one attached hydrogen (secondary N) is 1. The molecule has 1 atom stereocenters. The number of ether oxygens (including phenoxy) is 2. The van der Waals surface area contributed by atoms with Gasteiger partial charge in [0, 0.05) is 9.90 Å². The maximum absolute atomic E-state index is 12.9. The third kappa shape index (κ3) is 4.33. The Morgan fingerprint density at radius 1 is 1.29 bits per heavy atom. The molecule has 3 rings (SSSR count). The van der Waals surface area contributed by atoms with Gasteiger partial charge >= 0.3 is 5.97 Å². The first-order valence-corrected chi connectivity index (χ1v) is 10.6. The molecule has 1 N–H and O–H groups in total. The van der Waals surface area contributed by atoms with Gasteiger partial charge in [-0.05, 0) is 68.4 Å². The number of hydrogen-bond acceptors (Lipinski definition) is 5. The van der Waals surface area contributed by atoms with E-state index in [0.717, 1.165) is 41.7 Å². The van der Waals surface area contributed by atoms with Crippen molar-refractivity contribution in [2.75, 3.05) is 12.4 Å². The van der Waals surface area contributed by atoms with Gasteiger partial charge in [-0.15, -0.1) is 11.3 Å². The molecular formula is C21H24ClNO4S. The smallest absolute Gasteiger partial charge is 0.341 e. The third-order valence-corrected chi connectivity index (χ3v) is 6.50. The number of hydrogen-bond donors (Lipinski definition) is 1. The number of fused-ring (bicyclic) bond motifs is 1. The highest BCUT2D eigenvalue weighted by molar-refractivity contribution is 7.17. The second-order valence-corrected chi connectivity index (χ2v) is 8.33. The average Bonchev–Trinajstić information content (AvgIpc) is 3.05. The molecule has 1 aliphatic carbocycles. The Morgan fingerprint density at radius 3 is 2.71 bits per heavy atom. The van der Waals surface area contributed by atoms with Gasteiger partial charge in [-0.2, -0.15) is 0 Å². The lowest BCUT2D eigenvalue weighted by molar-refractivity contribution is -0.122. The summed E-state index contributed by atoms with van der Waals surface area (Å²) in [6.07, 6.45) is 3.72. The van der Waals surface area contributed by atoms with Crippen LogP contribution in [0.1, 0.15) is 52.5 Å². The Kier molecular flexibility index (Phi) is 6.62. The van der Waals surface area contributed by atoms with Gasteiger partial charge in [0.2, 0.25) is 0 Å². The van der Waals surface area contributed by atoms with E-state index in [1.807, 2.05) is 19.9 Å². The monoisotopic (exact) mass is 421 g/mol. The van der Waals surface area contributed by atoms with Crippen LogP contribution in [-0.4, -0.2) is 25.1 Å². The molecule has 1 aromatic carbocycles. The number of esters is 1. The standard InChI is InChI=1S/C21H24ClNO4S/c1-4-16(27-13-9-10-15(22)12(2)11-13)19(24)23-20-18(21(25)26-3)14-7-5-6-8-17(14)28-20/h9-11,16H,4-8H2,1-3H3,(H,23,24)/t16-/m0/s1. The lowest BCUT2D eigenvalue weighted by atomic mass is 9.95. The number of carbonyl (C=O) groups is 2. The molecule has 1 aromatic heterocycles. The summed E-state index contributed by atoms with van der Waals surface area (Å²) in [5.41, 5.74) is 2.39. The highest BCUT2D eigenvalue weighted by Gasteiger charge is 2.28. The van der Waals surface area contributed by atoms with Crippen molar-refractivity contribution < 1.29 is 19.1 Å². The van der Waals surface area contributed by atoms with Gasteiger partial charge in [-0.25, -0.2) is 4.79 Å². The maximum Gasteiger partial charge on any atom is 0.341 e. The first-order valence-electron chi connectivity index (χ1n) is 9.41. The number of halogens is 1. The van der Waals surface area contributed by atoms with Crippen LogP contribution in [0.15, 0.2) is 18.2 Å². The summed E-state index contributed by atoms with van der Waals surface area (Å²) in [6.45, 7) is 3.77. The highest BCUT2D eigenvalue weighted by atomic mass is 35.5. The molecule has 5 nitrogen and oxygen atoms in total. The van der Waals surface area contributed by atoms with E-state index in [0.29, 0.717) is 27.8 Å². The Morgan fingerprint density at radius 2 is 2.04 bits per heavy atom. The number of rotatable bonds is 6. The molecule has 0 aliphatic heterocycles.